The normalized spacial score (nSPS) is 12.5. The van der Waals surface area contributed by atoms with Crippen LogP contribution in [0.25, 0.3) is 5.69 Å². The Kier molecular flexibility index (Phi) is 6.01. The summed E-state index contributed by atoms with van der Waals surface area (Å²) in [6.45, 7) is 4.92. The number of amides is 1. The summed E-state index contributed by atoms with van der Waals surface area (Å²) in [5.41, 5.74) is 0.879. The van der Waals surface area contributed by atoms with Crippen LogP contribution in [-0.2, 0) is 11.0 Å². The lowest BCUT2D eigenvalue weighted by molar-refractivity contribution is -0.137. The molecule has 1 amide bonds. The van der Waals surface area contributed by atoms with Crippen molar-refractivity contribution in [2.24, 2.45) is 0 Å². The molecule has 1 unspecified atom stereocenters. The summed E-state index contributed by atoms with van der Waals surface area (Å²) in [5.74, 6) is -1.47. The average Bonchev–Trinajstić information content (AvgIpc) is 3.05. The quantitative estimate of drug-likeness (QED) is 0.428. The SMILES string of the molecule is Cc1nn(-c2cccc(C(F)(F)F)c2)c(C)c1C(=O)C(=O)N(C)C(C)c1ccccc1. The molecule has 2 aromatic carbocycles. The van der Waals surface area contributed by atoms with E-state index in [9.17, 15) is 22.8 Å². The number of hydrogen-bond donors (Lipinski definition) is 0. The van der Waals surface area contributed by atoms with Crippen LogP contribution in [-0.4, -0.2) is 33.4 Å². The molecule has 1 atom stereocenters. The first-order valence-electron chi connectivity index (χ1n) is 9.62. The van der Waals surface area contributed by atoms with Crippen molar-refractivity contribution in [2.75, 3.05) is 7.05 Å². The fourth-order valence-corrected chi connectivity index (χ4v) is 3.43. The third-order valence-electron chi connectivity index (χ3n) is 5.31. The van der Waals surface area contributed by atoms with Crippen molar-refractivity contribution in [3.05, 3.63) is 82.7 Å². The largest absolute Gasteiger partial charge is 0.416 e. The maximum absolute atomic E-state index is 13.1. The first-order chi connectivity index (χ1) is 14.5. The third-order valence-corrected chi connectivity index (χ3v) is 5.31. The van der Waals surface area contributed by atoms with E-state index in [0.717, 1.165) is 17.7 Å². The second-order valence-electron chi connectivity index (χ2n) is 7.34. The van der Waals surface area contributed by atoms with E-state index in [1.807, 2.05) is 37.3 Å². The van der Waals surface area contributed by atoms with E-state index in [2.05, 4.69) is 5.10 Å². The molecule has 0 saturated carbocycles. The number of hydrogen-bond acceptors (Lipinski definition) is 3. The molecule has 0 N–H and O–H groups in total. The molecule has 1 heterocycles. The predicted molar refractivity (Wildman–Crippen MR) is 110 cm³/mol. The number of nitrogens with zero attached hydrogens (tertiary/aromatic N) is 3. The zero-order valence-electron chi connectivity index (χ0n) is 17.6. The molecule has 0 radical (unpaired) electrons. The number of Topliss-reactive ketones (excluding diaryl/α,β-unsaturated/α-hetero) is 1. The summed E-state index contributed by atoms with van der Waals surface area (Å²) in [7, 11) is 1.54. The van der Waals surface area contributed by atoms with Gasteiger partial charge in [0.2, 0.25) is 0 Å². The average molecular weight is 429 g/mol. The molecule has 8 heteroatoms. The van der Waals surface area contributed by atoms with Crippen molar-refractivity contribution in [2.45, 2.75) is 33.0 Å². The monoisotopic (exact) mass is 429 g/mol. The van der Waals surface area contributed by atoms with Crippen LogP contribution in [0.3, 0.4) is 0 Å². The van der Waals surface area contributed by atoms with Gasteiger partial charge in [-0.15, -0.1) is 0 Å². The Balaban J connectivity index is 1.93. The number of likely N-dealkylation sites (N-methyl/N-ethyl adjacent to an activating group) is 1. The van der Waals surface area contributed by atoms with Gasteiger partial charge in [0.1, 0.15) is 0 Å². The number of halogens is 3. The minimum atomic E-state index is -4.50. The maximum atomic E-state index is 13.1. The molecule has 1 aromatic heterocycles. The molecule has 0 fully saturated rings. The molecule has 0 bridgehead atoms. The van der Waals surface area contributed by atoms with Gasteiger partial charge in [-0.25, -0.2) is 4.68 Å². The van der Waals surface area contributed by atoms with Crippen LogP contribution >= 0.6 is 0 Å². The minimum Gasteiger partial charge on any atom is -0.332 e. The van der Waals surface area contributed by atoms with Crippen LogP contribution < -0.4 is 0 Å². The molecule has 0 aliphatic rings. The summed E-state index contributed by atoms with van der Waals surface area (Å²) in [6.07, 6.45) is -4.50. The van der Waals surface area contributed by atoms with E-state index in [-0.39, 0.29) is 23.0 Å². The number of alkyl halides is 3. The van der Waals surface area contributed by atoms with Crippen molar-refractivity contribution in [3.63, 3.8) is 0 Å². The molecule has 162 valence electrons. The molecular formula is C23H22F3N3O2. The molecule has 5 nitrogen and oxygen atoms in total. The number of rotatable bonds is 5. The number of carbonyl (C=O) groups is 2. The Morgan fingerprint density at radius 2 is 1.68 bits per heavy atom. The Morgan fingerprint density at radius 1 is 1.03 bits per heavy atom. The number of carbonyl (C=O) groups excluding carboxylic acids is 2. The van der Waals surface area contributed by atoms with Gasteiger partial charge in [-0.3, -0.25) is 9.59 Å². The zero-order valence-corrected chi connectivity index (χ0v) is 17.6. The van der Waals surface area contributed by atoms with E-state index in [0.29, 0.717) is 5.69 Å². The van der Waals surface area contributed by atoms with Crippen molar-refractivity contribution in [1.82, 2.24) is 14.7 Å². The molecule has 0 spiro atoms. The van der Waals surface area contributed by atoms with Crippen LogP contribution in [0, 0.1) is 13.8 Å². The van der Waals surface area contributed by atoms with Crippen LogP contribution in [0.4, 0.5) is 13.2 Å². The molecular weight excluding hydrogens is 407 g/mol. The predicted octanol–water partition coefficient (Wildman–Crippen LogP) is 4.91. The number of aromatic nitrogens is 2. The Hall–Kier alpha value is -3.42. The van der Waals surface area contributed by atoms with Gasteiger partial charge in [-0.1, -0.05) is 36.4 Å². The smallest absolute Gasteiger partial charge is 0.332 e. The van der Waals surface area contributed by atoms with Gasteiger partial charge in [0.05, 0.1) is 34.2 Å². The summed E-state index contributed by atoms with van der Waals surface area (Å²) in [4.78, 5) is 27.2. The van der Waals surface area contributed by atoms with Gasteiger partial charge < -0.3 is 4.90 Å². The van der Waals surface area contributed by atoms with E-state index >= 15 is 0 Å². The second-order valence-corrected chi connectivity index (χ2v) is 7.34. The lowest BCUT2D eigenvalue weighted by Gasteiger charge is -2.24. The number of ketones is 1. The molecule has 0 aliphatic heterocycles. The second kappa shape index (κ2) is 8.37. The van der Waals surface area contributed by atoms with Gasteiger partial charge in [0, 0.05) is 7.05 Å². The molecule has 3 rings (SSSR count). The van der Waals surface area contributed by atoms with Gasteiger partial charge in [-0.05, 0) is 44.5 Å². The summed E-state index contributed by atoms with van der Waals surface area (Å²) >= 11 is 0. The number of aryl methyl sites for hydroxylation is 1. The number of benzene rings is 2. The van der Waals surface area contributed by atoms with E-state index in [4.69, 9.17) is 0 Å². The Bertz CT molecular complexity index is 1120. The van der Waals surface area contributed by atoms with Crippen molar-refractivity contribution in [1.29, 1.82) is 0 Å². The van der Waals surface area contributed by atoms with Crippen LogP contribution in [0.1, 0.15) is 45.8 Å². The Labute approximate surface area is 178 Å². The lowest BCUT2D eigenvalue weighted by atomic mass is 10.0. The van der Waals surface area contributed by atoms with Crippen molar-refractivity contribution >= 4 is 11.7 Å². The third kappa shape index (κ3) is 4.38. The summed E-state index contributed by atoms with van der Waals surface area (Å²) < 4.78 is 40.5. The van der Waals surface area contributed by atoms with Gasteiger partial charge in [0.25, 0.3) is 11.7 Å². The lowest BCUT2D eigenvalue weighted by Crippen LogP contribution is -2.35. The first-order valence-corrected chi connectivity index (χ1v) is 9.62. The van der Waals surface area contributed by atoms with Crippen LogP contribution in [0.5, 0.6) is 0 Å². The standard InChI is InChI=1S/C23H22F3N3O2/c1-14-20(21(30)22(31)28(4)15(2)17-9-6-5-7-10-17)16(3)29(27-14)19-12-8-11-18(13-19)23(24,25)26/h5-13,15H,1-4H3. The zero-order chi connectivity index (χ0) is 22.9. The highest BCUT2D eigenvalue weighted by molar-refractivity contribution is 6.43. The van der Waals surface area contributed by atoms with E-state index < -0.39 is 23.4 Å². The fourth-order valence-electron chi connectivity index (χ4n) is 3.43. The topological polar surface area (TPSA) is 55.2 Å². The first kappa shape index (κ1) is 22.3. The minimum absolute atomic E-state index is 0.0922. The molecule has 0 aliphatic carbocycles. The van der Waals surface area contributed by atoms with Gasteiger partial charge in [-0.2, -0.15) is 18.3 Å². The van der Waals surface area contributed by atoms with E-state index in [1.54, 1.807) is 20.9 Å². The van der Waals surface area contributed by atoms with Crippen molar-refractivity contribution in [3.8, 4) is 5.69 Å². The molecule has 3 aromatic rings. The highest BCUT2D eigenvalue weighted by atomic mass is 19.4. The summed E-state index contributed by atoms with van der Waals surface area (Å²) in [6, 6.07) is 13.6. The summed E-state index contributed by atoms with van der Waals surface area (Å²) in [5, 5.41) is 4.23. The molecule has 31 heavy (non-hydrogen) atoms. The van der Waals surface area contributed by atoms with Crippen LogP contribution in [0.15, 0.2) is 54.6 Å². The highest BCUT2D eigenvalue weighted by Crippen LogP contribution is 2.31. The van der Waals surface area contributed by atoms with Gasteiger partial charge >= 0.3 is 6.18 Å². The van der Waals surface area contributed by atoms with Gasteiger partial charge in [0.15, 0.2) is 0 Å². The maximum Gasteiger partial charge on any atom is 0.416 e. The van der Waals surface area contributed by atoms with Crippen molar-refractivity contribution < 1.29 is 22.8 Å². The van der Waals surface area contributed by atoms with Crippen LogP contribution in [0.2, 0.25) is 0 Å². The highest BCUT2D eigenvalue weighted by Gasteiger charge is 2.32. The Morgan fingerprint density at radius 3 is 2.29 bits per heavy atom. The van der Waals surface area contributed by atoms with E-state index in [1.165, 1.54) is 21.7 Å². The molecule has 0 saturated heterocycles. The fraction of sp³-hybridized carbons (Fsp3) is 0.261.